The van der Waals surface area contributed by atoms with E-state index in [4.69, 9.17) is 5.73 Å². The molecule has 5 rings (SSSR count). The number of nitrogens with two attached hydrogens (primary N) is 1. The third-order valence-electron chi connectivity index (χ3n) is 11.9. The molecular formula is C33H62N4. The molecule has 0 aromatic rings. The quantitative estimate of drug-likeness (QED) is 0.167. The van der Waals surface area contributed by atoms with E-state index in [2.05, 4.69) is 16.0 Å². The van der Waals surface area contributed by atoms with E-state index in [1.165, 1.54) is 84.0 Å². The van der Waals surface area contributed by atoms with Crippen LogP contribution in [-0.2, 0) is 0 Å². The van der Waals surface area contributed by atoms with Gasteiger partial charge in [-0.3, -0.25) is 0 Å². The lowest BCUT2D eigenvalue weighted by molar-refractivity contribution is 0.226. The van der Waals surface area contributed by atoms with Crippen LogP contribution in [0.2, 0.25) is 0 Å². The summed E-state index contributed by atoms with van der Waals surface area (Å²) in [5.74, 6) is 8.41. The van der Waals surface area contributed by atoms with E-state index in [9.17, 15) is 0 Å². The van der Waals surface area contributed by atoms with Crippen molar-refractivity contribution in [1.29, 1.82) is 0 Å². The molecule has 0 radical (unpaired) electrons. The lowest BCUT2D eigenvalue weighted by atomic mass is 9.79. The second kappa shape index (κ2) is 15.0. The van der Waals surface area contributed by atoms with Crippen LogP contribution in [0, 0.1) is 47.3 Å². The molecule has 0 spiro atoms. The minimum Gasteiger partial charge on any atom is -0.330 e. The Hall–Kier alpha value is -0.160. The van der Waals surface area contributed by atoms with E-state index in [0.29, 0.717) is 0 Å². The van der Waals surface area contributed by atoms with E-state index in [1.54, 1.807) is 51.4 Å². The van der Waals surface area contributed by atoms with Gasteiger partial charge in [0.15, 0.2) is 0 Å². The fraction of sp³-hybridized carbons (Fsp3) is 1.00. The van der Waals surface area contributed by atoms with Gasteiger partial charge in [0.05, 0.1) is 0 Å². The molecule has 37 heavy (non-hydrogen) atoms. The summed E-state index contributed by atoms with van der Waals surface area (Å²) in [6.07, 6.45) is 26.5. The van der Waals surface area contributed by atoms with E-state index in [1.807, 2.05) is 0 Å². The molecule has 0 aromatic carbocycles. The number of nitrogens with one attached hydrogen (secondary N) is 3. The Kier molecular flexibility index (Phi) is 11.5. The third-order valence-corrected chi connectivity index (χ3v) is 11.9. The van der Waals surface area contributed by atoms with Crippen molar-refractivity contribution in [2.75, 3.05) is 39.3 Å². The van der Waals surface area contributed by atoms with Gasteiger partial charge in [-0.05, 0) is 164 Å². The monoisotopic (exact) mass is 514 g/mol. The van der Waals surface area contributed by atoms with Crippen LogP contribution < -0.4 is 21.7 Å². The molecule has 5 N–H and O–H groups in total. The Labute approximate surface area is 229 Å². The van der Waals surface area contributed by atoms with Crippen LogP contribution in [0.5, 0.6) is 0 Å². The van der Waals surface area contributed by atoms with Crippen molar-refractivity contribution >= 4 is 0 Å². The van der Waals surface area contributed by atoms with E-state index >= 15 is 0 Å². The van der Waals surface area contributed by atoms with Crippen LogP contribution in [0.1, 0.15) is 116 Å². The number of hydrogen-bond donors (Lipinski definition) is 4. The molecule has 5 aliphatic carbocycles. The summed E-state index contributed by atoms with van der Waals surface area (Å²) in [4.78, 5) is 0. The first-order valence-corrected chi connectivity index (χ1v) is 17.1. The van der Waals surface area contributed by atoms with Gasteiger partial charge in [0.25, 0.3) is 0 Å². The van der Waals surface area contributed by atoms with Gasteiger partial charge in [-0.15, -0.1) is 0 Å². The second-order valence-electron chi connectivity index (χ2n) is 14.5. The molecule has 6 atom stereocenters. The standard InChI is InChI=1S/C33H62N4/c34-13-1-14-35-17-11-25-3-5-26(6-4-25)12-18-36-15-2-16-37-33(23-31-21-27-7-9-29(31)19-27)24-32-22-28-8-10-30(32)20-28/h25-33,35-37H,1-24,34H2. The van der Waals surface area contributed by atoms with Gasteiger partial charge in [-0.2, -0.15) is 0 Å². The van der Waals surface area contributed by atoms with E-state index in [0.717, 1.165) is 72.9 Å². The van der Waals surface area contributed by atoms with Crippen LogP contribution >= 0.6 is 0 Å². The lowest BCUT2D eigenvalue weighted by Gasteiger charge is -2.31. The Bertz CT molecular complexity index is 602. The van der Waals surface area contributed by atoms with Crippen molar-refractivity contribution in [3.63, 3.8) is 0 Å². The maximum atomic E-state index is 5.58. The SMILES string of the molecule is NCCCNCCC1CCC(CCNCCCNC(CC2CC3CCC2C3)CC2CC3CCC2C3)CC1. The number of rotatable bonds is 18. The summed E-state index contributed by atoms with van der Waals surface area (Å²) in [6.45, 7) is 6.75. The fourth-order valence-electron chi connectivity index (χ4n) is 9.74. The molecular weight excluding hydrogens is 452 g/mol. The summed E-state index contributed by atoms with van der Waals surface area (Å²) in [6, 6.07) is 0.805. The highest BCUT2D eigenvalue weighted by atomic mass is 14.9. The Balaban J connectivity index is 0.910. The van der Waals surface area contributed by atoms with Gasteiger partial charge in [0, 0.05) is 6.04 Å². The molecule has 0 heterocycles. The summed E-state index contributed by atoms with van der Waals surface area (Å²) in [5, 5.41) is 11.5. The van der Waals surface area contributed by atoms with Crippen molar-refractivity contribution < 1.29 is 0 Å². The van der Waals surface area contributed by atoms with Crippen LogP contribution in [0.4, 0.5) is 0 Å². The second-order valence-corrected chi connectivity index (χ2v) is 14.5. The summed E-state index contributed by atoms with van der Waals surface area (Å²) in [5.41, 5.74) is 5.58. The third kappa shape index (κ3) is 8.66. The predicted octanol–water partition coefficient (Wildman–Crippen LogP) is 6.10. The molecule has 4 nitrogen and oxygen atoms in total. The molecule has 5 saturated carbocycles. The van der Waals surface area contributed by atoms with Crippen molar-refractivity contribution in [1.82, 2.24) is 16.0 Å². The van der Waals surface area contributed by atoms with Gasteiger partial charge in [0.1, 0.15) is 0 Å². The molecule has 4 heteroatoms. The Morgan fingerprint density at radius 1 is 0.568 bits per heavy atom. The molecule has 214 valence electrons. The van der Waals surface area contributed by atoms with Gasteiger partial charge in [-0.25, -0.2) is 0 Å². The lowest BCUT2D eigenvalue weighted by Crippen LogP contribution is -2.36. The largest absolute Gasteiger partial charge is 0.330 e. The normalized spacial score (nSPS) is 37.5. The van der Waals surface area contributed by atoms with Gasteiger partial charge in [0.2, 0.25) is 0 Å². The number of fused-ring (bicyclic) bond motifs is 4. The topological polar surface area (TPSA) is 62.1 Å². The molecule has 5 aliphatic rings. The van der Waals surface area contributed by atoms with Crippen LogP contribution in [0.3, 0.4) is 0 Å². The molecule has 5 fully saturated rings. The average Bonchev–Trinajstić information content (AvgIpc) is 3.72. The zero-order valence-electron chi connectivity index (χ0n) is 24.2. The summed E-state index contributed by atoms with van der Waals surface area (Å²) < 4.78 is 0. The highest BCUT2D eigenvalue weighted by molar-refractivity contribution is 4.95. The zero-order chi connectivity index (χ0) is 25.3. The van der Waals surface area contributed by atoms with Crippen LogP contribution in [-0.4, -0.2) is 45.3 Å². The van der Waals surface area contributed by atoms with Crippen LogP contribution in [0.15, 0.2) is 0 Å². The highest BCUT2D eigenvalue weighted by Crippen LogP contribution is 2.52. The summed E-state index contributed by atoms with van der Waals surface area (Å²) >= 11 is 0. The first kappa shape index (κ1) is 28.4. The van der Waals surface area contributed by atoms with Crippen molar-refractivity contribution in [2.24, 2.45) is 53.1 Å². The molecule has 4 bridgehead atoms. The molecule has 0 amide bonds. The van der Waals surface area contributed by atoms with Crippen molar-refractivity contribution in [2.45, 2.75) is 122 Å². The minimum atomic E-state index is 0.805. The maximum absolute atomic E-state index is 5.58. The minimum absolute atomic E-state index is 0.805. The molecule has 0 aliphatic heterocycles. The Morgan fingerprint density at radius 3 is 1.57 bits per heavy atom. The van der Waals surface area contributed by atoms with Gasteiger partial charge >= 0.3 is 0 Å². The first-order chi connectivity index (χ1) is 18.3. The molecule has 6 unspecified atom stereocenters. The average molecular weight is 515 g/mol. The van der Waals surface area contributed by atoms with Crippen molar-refractivity contribution in [3.05, 3.63) is 0 Å². The molecule has 0 aromatic heterocycles. The maximum Gasteiger partial charge on any atom is 0.00725 e. The first-order valence-electron chi connectivity index (χ1n) is 17.1. The van der Waals surface area contributed by atoms with Crippen molar-refractivity contribution in [3.8, 4) is 0 Å². The number of hydrogen-bond acceptors (Lipinski definition) is 4. The molecule has 0 saturated heterocycles. The zero-order valence-corrected chi connectivity index (χ0v) is 24.2. The fourth-order valence-corrected chi connectivity index (χ4v) is 9.74. The summed E-state index contributed by atoms with van der Waals surface area (Å²) in [7, 11) is 0. The van der Waals surface area contributed by atoms with Gasteiger partial charge in [-0.1, -0.05) is 38.5 Å². The van der Waals surface area contributed by atoms with Gasteiger partial charge < -0.3 is 21.7 Å². The Morgan fingerprint density at radius 2 is 1.11 bits per heavy atom. The van der Waals surface area contributed by atoms with E-state index in [-0.39, 0.29) is 0 Å². The predicted molar refractivity (Wildman–Crippen MR) is 158 cm³/mol. The van der Waals surface area contributed by atoms with Crippen LogP contribution in [0.25, 0.3) is 0 Å². The smallest absolute Gasteiger partial charge is 0.00725 e. The van der Waals surface area contributed by atoms with E-state index < -0.39 is 0 Å². The highest BCUT2D eigenvalue weighted by Gasteiger charge is 2.43.